The molecule has 1 heterocycles. The molecule has 2 aliphatic rings. The molecule has 0 bridgehead atoms. The van der Waals surface area contributed by atoms with Gasteiger partial charge in [-0.1, -0.05) is 60.7 Å². The van der Waals surface area contributed by atoms with Gasteiger partial charge in [-0.25, -0.2) is 5.01 Å². The lowest BCUT2D eigenvalue weighted by Gasteiger charge is -2.29. The Morgan fingerprint density at radius 2 is 1.81 bits per heavy atom. The van der Waals surface area contributed by atoms with Crippen LogP contribution in [-0.2, 0) is 4.79 Å². The van der Waals surface area contributed by atoms with Gasteiger partial charge in [0.25, 0.3) is 5.91 Å². The zero-order valence-corrected chi connectivity index (χ0v) is 15.3. The van der Waals surface area contributed by atoms with Crippen molar-refractivity contribution >= 4 is 29.3 Å². The topological polar surface area (TPSA) is 32.7 Å². The van der Waals surface area contributed by atoms with Crippen molar-refractivity contribution in [1.29, 1.82) is 0 Å². The lowest BCUT2D eigenvalue weighted by molar-refractivity contribution is -0.130. The lowest BCUT2D eigenvalue weighted by atomic mass is 9.77. The molecule has 1 saturated carbocycles. The molecule has 0 spiro atoms. The quantitative estimate of drug-likeness (QED) is 0.701. The SMILES string of the molecule is O=C(CCl)N1N=C2/C(=C\c3ccccc3)CCC[C@H]2[C@H]1c1ccccc1. The summed E-state index contributed by atoms with van der Waals surface area (Å²) in [7, 11) is 0. The summed E-state index contributed by atoms with van der Waals surface area (Å²) >= 11 is 5.87. The molecule has 1 aliphatic heterocycles. The summed E-state index contributed by atoms with van der Waals surface area (Å²) in [5.74, 6) is 0.0413. The van der Waals surface area contributed by atoms with Crippen molar-refractivity contribution in [2.45, 2.75) is 25.3 Å². The number of rotatable bonds is 3. The molecule has 3 nitrogen and oxygen atoms in total. The van der Waals surface area contributed by atoms with Gasteiger partial charge in [0.1, 0.15) is 5.88 Å². The van der Waals surface area contributed by atoms with Crippen LogP contribution < -0.4 is 0 Å². The summed E-state index contributed by atoms with van der Waals surface area (Å²) in [6, 6.07) is 20.4. The lowest BCUT2D eigenvalue weighted by Crippen LogP contribution is -2.32. The van der Waals surface area contributed by atoms with Crippen LogP contribution >= 0.6 is 11.6 Å². The number of nitrogens with zero attached hydrogens (tertiary/aromatic N) is 2. The second-order valence-electron chi connectivity index (χ2n) is 6.79. The number of hydrogen-bond acceptors (Lipinski definition) is 2. The first-order valence-corrected chi connectivity index (χ1v) is 9.59. The highest BCUT2D eigenvalue weighted by Crippen LogP contribution is 2.44. The molecule has 4 rings (SSSR count). The molecule has 132 valence electrons. The molecule has 1 fully saturated rings. The maximum atomic E-state index is 12.5. The number of halogens is 1. The van der Waals surface area contributed by atoms with E-state index in [-0.39, 0.29) is 23.7 Å². The summed E-state index contributed by atoms with van der Waals surface area (Å²) in [6.45, 7) is 0. The van der Waals surface area contributed by atoms with E-state index in [1.807, 2.05) is 36.4 Å². The molecule has 4 heteroatoms. The third-order valence-electron chi connectivity index (χ3n) is 5.15. The first-order chi connectivity index (χ1) is 12.8. The Labute approximate surface area is 159 Å². The third-order valence-corrected chi connectivity index (χ3v) is 5.38. The van der Waals surface area contributed by atoms with Crippen LogP contribution in [0.5, 0.6) is 0 Å². The highest BCUT2D eigenvalue weighted by molar-refractivity contribution is 6.27. The van der Waals surface area contributed by atoms with E-state index in [2.05, 4.69) is 30.3 Å². The molecule has 0 radical (unpaired) electrons. The van der Waals surface area contributed by atoms with E-state index in [1.165, 1.54) is 11.1 Å². The van der Waals surface area contributed by atoms with Crippen LogP contribution in [0, 0.1) is 5.92 Å². The number of fused-ring (bicyclic) bond motifs is 1. The van der Waals surface area contributed by atoms with Crippen LogP contribution in [0.15, 0.2) is 71.3 Å². The van der Waals surface area contributed by atoms with Gasteiger partial charge in [-0.3, -0.25) is 4.79 Å². The zero-order chi connectivity index (χ0) is 17.9. The van der Waals surface area contributed by atoms with E-state index in [1.54, 1.807) is 5.01 Å². The number of hydrogen-bond donors (Lipinski definition) is 0. The summed E-state index contributed by atoms with van der Waals surface area (Å²) < 4.78 is 0. The van der Waals surface area contributed by atoms with Crippen molar-refractivity contribution in [1.82, 2.24) is 5.01 Å². The minimum atomic E-state index is -0.138. The molecule has 1 aliphatic carbocycles. The average molecular weight is 365 g/mol. The largest absolute Gasteiger partial charge is 0.272 e. The van der Waals surface area contributed by atoms with E-state index in [9.17, 15) is 4.79 Å². The molecule has 0 aromatic heterocycles. The van der Waals surface area contributed by atoms with Crippen LogP contribution in [0.3, 0.4) is 0 Å². The van der Waals surface area contributed by atoms with Crippen LogP contribution in [0.25, 0.3) is 6.08 Å². The normalized spacial score (nSPS) is 23.7. The van der Waals surface area contributed by atoms with Gasteiger partial charge in [0.05, 0.1) is 11.8 Å². The number of carbonyl (C=O) groups excluding carboxylic acids is 1. The van der Waals surface area contributed by atoms with Crippen molar-refractivity contribution in [3.8, 4) is 0 Å². The van der Waals surface area contributed by atoms with Gasteiger partial charge in [-0.2, -0.15) is 5.10 Å². The van der Waals surface area contributed by atoms with E-state index in [0.29, 0.717) is 0 Å². The number of carbonyl (C=O) groups is 1. The van der Waals surface area contributed by atoms with E-state index in [0.717, 1.165) is 30.5 Å². The van der Waals surface area contributed by atoms with Gasteiger partial charge in [0.15, 0.2) is 0 Å². The summed E-state index contributed by atoms with van der Waals surface area (Å²) in [5, 5.41) is 6.38. The molecule has 2 atom stereocenters. The van der Waals surface area contributed by atoms with E-state index >= 15 is 0 Å². The Kier molecular flexibility index (Phi) is 4.89. The number of alkyl halides is 1. The monoisotopic (exact) mass is 364 g/mol. The third kappa shape index (κ3) is 3.19. The van der Waals surface area contributed by atoms with Gasteiger partial charge in [0.2, 0.25) is 0 Å². The molecule has 0 saturated heterocycles. The van der Waals surface area contributed by atoms with Crippen LogP contribution in [0.4, 0.5) is 0 Å². The highest BCUT2D eigenvalue weighted by atomic mass is 35.5. The fourth-order valence-electron chi connectivity index (χ4n) is 4.00. The molecule has 26 heavy (non-hydrogen) atoms. The van der Waals surface area contributed by atoms with Crippen LogP contribution in [0.2, 0.25) is 0 Å². The van der Waals surface area contributed by atoms with Crippen LogP contribution in [0.1, 0.15) is 36.4 Å². The fourth-order valence-corrected chi connectivity index (χ4v) is 4.12. The number of benzene rings is 2. The molecule has 0 unspecified atom stereocenters. The number of amides is 1. The van der Waals surface area contributed by atoms with Crippen molar-refractivity contribution in [2.24, 2.45) is 11.0 Å². The minimum Gasteiger partial charge on any atom is -0.272 e. The van der Waals surface area contributed by atoms with Crippen LogP contribution in [-0.4, -0.2) is 22.5 Å². The molecular weight excluding hydrogens is 344 g/mol. The summed E-state index contributed by atoms with van der Waals surface area (Å²) in [6.07, 6.45) is 5.35. The number of allylic oxidation sites excluding steroid dienone is 1. The van der Waals surface area contributed by atoms with Crippen molar-refractivity contribution in [3.05, 3.63) is 77.4 Å². The smallest absolute Gasteiger partial charge is 0.258 e. The fraction of sp³-hybridized carbons (Fsp3) is 0.273. The van der Waals surface area contributed by atoms with Gasteiger partial charge >= 0.3 is 0 Å². The molecule has 2 aromatic carbocycles. The van der Waals surface area contributed by atoms with Gasteiger partial charge in [0, 0.05) is 5.92 Å². The summed E-state index contributed by atoms with van der Waals surface area (Å²) in [4.78, 5) is 12.5. The maximum absolute atomic E-state index is 12.5. The predicted octanol–water partition coefficient (Wildman–Crippen LogP) is 5.05. The molecule has 1 amide bonds. The minimum absolute atomic E-state index is 0.0510. The molecule has 0 N–H and O–H groups in total. The molecular formula is C22H21ClN2O. The standard InChI is InChI=1S/C22H21ClN2O/c23-15-20(26)25-22(17-10-5-2-6-11-17)19-13-7-12-18(21(19)24-25)14-16-8-3-1-4-9-16/h1-6,8-11,14,19,22H,7,12-13,15H2/b18-14-/t19-,22-/m1/s1. The van der Waals surface area contributed by atoms with Crippen molar-refractivity contribution in [3.63, 3.8) is 0 Å². The van der Waals surface area contributed by atoms with Gasteiger partial charge in [-0.05, 0) is 42.0 Å². The second-order valence-corrected chi connectivity index (χ2v) is 7.06. The second kappa shape index (κ2) is 7.46. The van der Waals surface area contributed by atoms with Crippen molar-refractivity contribution in [2.75, 3.05) is 5.88 Å². The summed E-state index contributed by atoms with van der Waals surface area (Å²) in [5.41, 5.74) is 4.57. The Bertz CT molecular complexity index is 845. The highest BCUT2D eigenvalue weighted by Gasteiger charge is 2.43. The van der Waals surface area contributed by atoms with E-state index in [4.69, 9.17) is 16.7 Å². The zero-order valence-electron chi connectivity index (χ0n) is 14.5. The van der Waals surface area contributed by atoms with Gasteiger partial charge in [-0.15, -0.1) is 11.6 Å². The van der Waals surface area contributed by atoms with Gasteiger partial charge < -0.3 is 0 Å². The Balaban J connectivity index is 1.74. The Morgan fingerprint density at radius 3 is 2.50 bits per heavy atom. The Hall–Kier alpha value is -2.39. The average Bonchev–Trinajstić information content (AvgIpc) is 3.09. The Morgan fingerprint density at radius 1 is 1.12 bits per heavy atom. The first-order valence-electron chi connectivity index (χ1n) is 9.05. The first kappa shape index (κ1) is 17.0. The number of hydrazone groups is 1. The van der Waals surface area contributed by atoms with Crippen molar-refractivity contribution < 1.29 is 4.79 Å². The maximum Gasteiger partial charge on any atom is 0.258 e. The predicted molar refractivity (Wildman–Crippen MR) is 106 cm³/mol. The molecule has 2 aromatic rings. The van der Waals surface area contributed by atoms with E-state index < -0.39 is 0 Å².